The Kier molecular flexibility index (Phi) is 10.2. The minimum Gasteiger partial charge on any atom is -0.493 e. The summed E-state index contributed by atoms with van der Waals surface area (Å²) in [6, 6.07) is 4.48. The molecule has 1 fully saturated rings. The van der Waals surface area contributed by atoms with Crippen molar-refractivity contribution in [1.29, 1.82) is 0 Å². The second kappa shape index (κ2) is 12.4. The van der Waals surface area contributed by atoms with E-state index in [1.807, 2.05) is 0 Å². The monoisotopic (exact) mass is 505 g/mol. The molecule has 1 amide bonds. The minimum atomic E-state index is -1.86. The first-order valence-corrected chi connectivity index (χ1v) is 14.9. The zero-order valence-corrected chi connectivity index (χ0v) is 22.8. The molecule has 0 saturated carbocycles. The van der Waals surface area contributed by atoms with E-state index < -0.39 is 26.4 Å². The largest absolute Gasteiger partial charge is 0.493 e. The maximum atomic E-state index is 12.1. The molecule has 2 rings (SSSR count). The summed E-state index contributed by atoms with van der Waals surface area (Å²) in [5.41, 5.74) is 1.01. The molecular weight excluding hydrogens is 466 g/mol. The van der Waals surface area contributed by atoms with Crippen LogP contribution in [0, 0.1) is 12.3 Å². The smallest absolute Gasteiger partial charge is 0.407 e. The number of hydrogen-bond donors (Lipinski definition) is 1. The van der Waals surface area contributed by atoms with Crippen molar-refractivity contribution in [3.8, 4) is 18.1 Å². The number of hydrogen-bond acceptors (Lipinski definition) is 6. The second-order valence-corrected chi connectivity index (χ2v) is 15.0. The van der Waals surface area contributed by atoms with E-state index >= 15 is 0 Å². The molecule has 0 aromatic heterocycles. The van der Waals surface area contributed by atoms with E-state index in [-0.39, 0.29) is 17.7 Å². The average molecular weight is 506 g/mol. The predicted molar refractivity (Wildman–Crippen MR) is 136 cm³/mol. The zero-order chi connectivity index (χ0) is 26.2. The predicted octanol–water partition coefficient (Wildman–Crippen LogP) is 5.10. The molecule has 1 N–H and O–H groups in total. The lowest BCUT2D eigenvalue weighted by Gasteiger charge is -2.38. The Bertz CT molecular complexity index is 919. The summed E-state index contributed by atoms with van der Waals surface area (Å²) in [6.45, 7) is 12.4. The standard InChI is InChI=1S/C26H39NO7Si/c1-8-14-32-20-12-13-27(25(29)30)22(18-20)21-11-10-19(24(28)31-5)17-23(21)33-15-9-16-34-35(6,7)26(2,3)4/h1,10-11,17,20,22H,9,12-16,18H2,2-7H3,(H,29,30). The van der Waals surface area contributed by atoms with Crippen LogP contribution in [0.15, 0.2) is 18.2 Å². The Morgan fingerprint density at radius 3 is 2.57 bits per heavy atom. The number of carbonyl (C=O) groups is 2. The normalized spacial score (nSPS) is 18.6. The first-order valence-electron chi connectivity index (χ1n) is 11.9. The van der Waals surface area contributed by atoms with E-state index in [1.54, 1.807) is 18.2 Å². The highest BCUT2D eigenvalue weighted by molar-refractivity contribution is 6.74. The van der Waals surface area contributed by atoms with E-state index in [2.05, 4.69) is 39.8 Å². The Balaban J connectivity index is 2.22. The van der Waals surface area contributed by atoms with Crippen LogP contribution in [0.5, 0.6) is 5.75 Å². The fraction of sp³-hybridized carbons (Fsp3) is 0.615. The van der Waals surface area contributed by atoms with Gasteiger partial charge in [-0.3, -0.25) is 0 Å². The molecule has 194 valence electrons. The second-order valence-electron chi connectivity index (χ2n) is 10.2. The lowest BCUT2D eigenvalue weighted by molar-refractivity contribution is 0.00154. The average Bonchev–Trinajstić information content (AvgIpc) is 2.80. The van der Waals surface area contributed by atoms with Gasteiger partial charge in [0.25, 0.3) is 0 Å². The number of esters is 1. The van der Waals surface area contributed by atoms with Crippen LogP contribution in [0.3, 0.4) is 0 Å². The van der Waals surface area contributed by atoms with Gasteiger partial charge < -0.3 is 28.6 Å². The van der Waals surface area contributed by atoms with E-state index in [0.29, 0.717) is 55.9 Å². The molecule has 0 aliphatic carbocycles. The Morgan fingerprint density at radius 2 is 1.97 bits per heavy atom. The summed E-state index contributed by atoms with van der Waals surface area (Å²) in [5.74, 6) is 2.43. The van der Waals surface area contributed by atoms with Gasteiger partial charge in [0.1, 0.15) is 12.4 Å². The Labute approximate surface area is 210 Å². The third-order valence-corrected chi connectivity index (χ3v) is 11.3. The number of carboxylic acid groups (broad SMARTS) is 1. The van der Waals surface area contributed by atoms with Crippen molar-refractivity contribution >= 4 is 20.4 Å². The van der Waals surface area contributed by atoms with E-state index in [0.717, 1.165) is 0 Å². The highest BCUT2D eigenvalue weighted by Gasteiger charge is 2.37. The number of methoxy groups -OCH3 is 1. The molecule has 0 radical (unpaired) electrons. The first kappa shape index (κ1) is 28.7. The molecule has 9 heteroatoms. The molecule has 1 aliphatic heterocycles. The van der Waals surface area contributed by atoms with Gasteiger partial charge in [0, 0.05) is 25.1 Å². The van der Waals surface area contributed by atoms with Gasteiger partial charge in [0.15, 0.2) is 8.32 Å². The molecule has 2 atom stereocenters. The summed E-state index contributed by atoms with van der Waals surface area (Å²) < 4.78 is 22.9. The highest BCUT2D eigenvalue weighted by Crippen LogP contribution is 2.38. The molecule has 1 heterocycles. The number of nitrogens with zero attached hydrogens (tertiary/aromatic N) is 1. The lowest BCUT2D eigenvalue weighted by Crippen LogP contribution is -2.42. The molecule has 1 aliphatic rings. The van der Waals surface area contributed by atoms with Crippen LogP contribution in [0.2, 0.25) is 18.1 Å². The van der Waals surface area contributed by atoms with Crippen LogP contribution < -0.4 is 4.74 Å². The van der Waals surface area contributed by atoms with Crippen LogP contribution in [-0.2, 0) is 13.9 Å². The summed E-state index contributed by atoms with van der Waals surface area (Å²) in [6.07, 6.45) is 5.81. The molecule has 1 aromatic rings. The highest BCUT2D eigenvalue weighted by atomic mass is 28.4. The number of terminal acetylenes is 1. The molecule has 8 nitrogen and oxygen atoms in total. The van der Waals surface area contributed by atoms with Crippen LogP contribution in [0.1, 0.15) is 62.0 Å². The van der Waals surface area contributed by atoms with Crippen molar-refractivity contribution in [1.82, 2.24) is 4.90 Å². The van der Waals surface area contributed by atoms with Crippen LogP contribution >= 0.6 is 0 Å². The fourth-order valence-electron chi connectivity index (χ4n) is 3.74. The maximum absolute atomic E-state index is 12.1. The molecule has 1 aromatic carbocycles. The van der Waals surface area contributed by atoms with Gasteiger partial charge in [0.05, 0.1) is 31.4 Å². The summed E-state index contributed by atoms with van der Waals surface area (Å²) >= 11 is 0. The van der Waals surface area contributed by atoms with Crippen LogP contribution in [0.4, 0.5) is 4.79 Å². The van der Waals surface area contributed by atoms with E-state index in [1.165, 1.54) is 12.0 Å². The number of ether oxygens (including phenoxy) is 3. The molecule has 1 saturated heterocycles. The van der Waals surface area contributed by atoms with Crippen molar-refractivity contribution in [3.05, 3.63) is 29.3 Å². The van der Waals surface area contributed by atoms with Crippen molar-refractivity contribution in [2.45, 2.75) is 70.3 Å². The number of benzene rings is 1. The van der Waals surface area contributed by atoms with Gasteiger partial charge in [-0.2, -0.15) is 0 Å². The minimum absolute atomic E-state index is 0.120. The van der Waals surface area contributed by atoms with Crippen molar-refractivity contribution < 1.29 is 33.3 Å². The summed E-state index contributed by atoms with van der Waals surface area (Å²) in [4.78, 5) is 25.5. The van der Waals surface area contributed by atoms with Crippen molar-refractivity contribution in [2.75, 3.05) is 33.5 Å². The first-order chi connectivity index (χ1) is 16.4. The SMILES string of the molecule is C#CCOC1CCN(C(=O)O)C(c2ccc(C(=O)OC)cc2OCCCO[Si](C)(C)C(C)(C)C)C1. The van der Waals surface area contributed by atoms with Gasteiger partial charge in [0.2, 0.25) is 0 Å². The number of likely N-dealkylation sites (tertiary alicyclic amines) is 1. The zero-order valence-electron chi connectivity index (χ0n) is 21.8. The number of carbonyl (C=O) groups excluding carboxylic acids is 1. The summed E-state index contributed by atoms with van der Waals surface area (Å²) in [7, 11) is -0.543. The van der Waals surface area contributed by atoms with Gasteiger partial charge >= 0.3 is 12.1 Å². The van der Waals surface area contributed by atoms with Gasteiger partial charge in [-0.15, -0.1) is 6.42 Å². The molecular formula is C26H39NO7Si. The third-order valence-electron chi connectivity index (χ3n) is 6.81. The number of piperidine rings is 1. The van der Waals surface area contributed by atoms with Crippen LogP contribution in [0.25, 0.3) is 0 Å². The van der Waals surface area contributed by atoms with Gasteiger partial charge in [-0.1, -0.05) is 32.8 Å². The lowest BCUT2D eigenvalue weighted by atomic mass is 9.92. The number of rotatable bonds is 10. The molecule has 35 heavy (non-hydrogen) atoms. The Morgan fingerprint density at radius 1 is 1.26 bits per heavy atom. The summed E-state index contributed by atoms with van der Waals surface area (Å²) in [5, 5.41) is 9.94. The van der Waals surface area contributed by atoms with Crippen molar-refractivity contribution in [2.24, 2.45) is 0 Å². The molecule has 0 bridgehead atoms. The molecule has 0 spiro atoms. The van der Waals surface area contributed by atoms with Gasteiger partial charge in [-0.05, 0) is 43.1 Å². The number of amides is 1. The van der Waals surface area contributed by atoms with E-state index in [9.17, 15) is 14.7 Å². The van der Waals surface area contributed by atoms with Crippen molar-refractivity contribution in [3.63, 3.8) is 0 Å². The van der Waals surface area contributed by atoms with E-state index in [4.69, 9.17) is 25.1 Å². The fourth-order valence-corrected chi connectivity index (χ4v) is 4.83. The third kappa shape index (κ3) is 7.72. The topological polar surface area (TPSA) is 94.5 Å². The maximum Gasteiger partial charge on any atom is 0.407 e. The Hall–Kier alpha value is -2.54. The quantitative estimate of drug-likeness (QED) is 0.205. The van der Waals surface area contributed by atoms with Gasteiger partial charge in [-0.25, -0.2) is 9.59 Å². The molecule has 2 unspecified atom stereocenters. The van der Waals surface area contributed by atoms with Crippen LogP contribution in [-0.4, -0.2) is 70.0 Å².